The molecule has 0 aliphatic heterocycles. The second-order valence-corrected chi connectivity index (χ2v) is 6.75. The lowest BCUT2D eigenvalue weighted by Crippen LogP contribution is -2.41. The molecule has 10 nitrogen and oxygen atoms in total. The Morgan fingerprint density at radius 2 is 1.97 bits per heavy atom. The van der Waals surface area contributed by atoms with Crippen LogP contribution < -0.4 is 16.4 Å². The summed E-state index contributed by atoms with van der Waals surface area (Å²) < 4.78 is 1.73. The van der Waals surface area contributed by atoms with Crippen LogP contribution in [0.3, 0.4) is 0 Å². The molecule has 5 N–H and O–H groups in total. The fourth-order valence-corrected chi connectivity index (χ4v) is 2.94. The van der Waals surface area contributed by atoms with E-state index >= 15 is 0 Å². The second kappa shape index (κ2) is 9.67. The molecule has 0 saturated heterocycles. The molecule has 156 valence electrons. The van der Waals surface area contributed by atoms with Crippen molar-refractivity contribution in [1.82, 2.24) is 20.0 Å². The monoisotopic (exact) mass is 403 g/mol. The van der Waals surface area contributed by atoms with Gasteiger partial charge in [0.15, 0.2) is 0 Å². The van der Waals surface area contributed by atoms with E-state index < -0.39 is 23.8 Å². The number of rotatable bonds is 10. The number of carboxylic acid groups (broad SMARTS) is 1. The molecule has 0 fully saturated rings. The smallest absolute Gasteiger partial charge is 0.326 e. The van der Waals surface area contributed by atoms with Gasteiger partial charge < -0.3 is 21.5 Å². The Morgan fingerprint density at radius 3 is 2.62 bits per heavy atom. The van der Waals surface area contributed by atoms with Gasteiger partial charge in [0.1, 0.15) is 17.4 Å². The molecular formula is C19H25N5O5. The number of carbonyl (C=O) groups is 4. The van der Waals surface area contributed by atoms with E-state index in [1.165, 1.54) is 0 Å². The van der Waals surface area contributed by atoms with Crippen LogP contribution in [0.1, 0.15) is 47.4 Å². The lowest BCUT2D eigenvalue weighted by Gasteiger charge is -2.13. The molecule has 3 amide bonds. The standard InChI is InChI=1S/C19H25N5O5/c1-11-5-4-10-24-16(12(2)22-17(11)24)18(27)21-9-3-6-15(26)23-13(19(28)29)7-8-14(20)25/h4-5,10,13H,3,6-9H2,1-2H3,(H2,20,25)(H,21,27)(H,23,26)(H,28,29). The average Bonchev–Trinajstić information content (AvgIpc) is 2.99. The number of aliphatic carboxylic acids is 1. The number of imidazole rings is 1. The summed E-state index contributed by atoms with van der Waals surface area (Å²) in [5, 5.41) is 14.2. The maximum Gasteiger partial charge on any atom is 0.326 e. The second-order valence-electron chi connectivity index (χ2n) is 6.75. The third kappa shape index (κ3) is 5.77. The summed E-state index contributed by atoms with van der Waals surface area (Å²) in [5.74, 6) is -2.64. The molecule has 1 atom stereocenters. The Hall–Kier alpha value is -3.43. The van der Waals surface area contributed by atoms with E-state index in [-0.39, 0.29) is 31.7 Å². The van der Waals surface area contributed by atoms with E-state index in [4.69, 9.17) is 10.8 Å². The number of pyridine rings is 1. The highest BCUT2D eigenvalue weighted by Gasteiger charge is 2.20. The highest BCUT2D eigenvalue weighted by atomic mass is 16.4. The molecule has 2 rings (SSSR count). The predicted molar refractivity (Wildman–Crippen MR) is 104 cm³/mol. The maximum absolute atomic E-state index is 12.5. The maximum atomic E-state index is 12.5. The summed E-state index contributed by atoms with van der Waals surface area (Å²) >= 11 is 0. The highest BCUT2D eigenvalue weighted by molar-refractivity contribution is 5.94. The first-order valence-corrected chi connectivity index (χ1v) is 9.23. The van der Waals surface area contributed by atoms with Crippen LogP contribution in [0, 0.1) is 13.8 Å². The topological polar surface area (TPSA) is 156 Å². The zero-order valence-corrected chi connectivity index (χ0v) is 16.4. The summed E-state index contributed by atoms with van der Waals surface area (Å²) in [6, 6.07) is 2.58. The summed E-state index contributed by atoms with van der Waals surface area (Å²) in [7, 11) is 0. The van der Waals surface area contributed by atoms with Crippen LogP contribution in [-0.4, -0.2) is 50.8 Å². The predicted octanol–water partition coefficient (Wildman–Crippen LogP) is 0.296. The number of aromatic nitrogens is 2. The van der Waals surface area contributed by atoms with E-state index in [9.17, 15) is 19.2 Å². The van der Waals surface area contributed by atoms with Gasteiger partial charge in [-0.15, -0.1) is 0 Å². The van der Waals surface area contributed by atoms with Crippen molar-refractivity contribution in [3.8, 4) is 0 Å². The van der Waals surface area contributed by atoms with E-state index in [2.05, 4.69) is 15.6 Å². The Bertz CT molecular complexity index is 936. The van der Waals surface area contributed by atoms with Crippen molar-refractivity contribution in [2.75, 3.05) is 6.54 Å². The number of amides is 3. The first-order valence-electron chi connectivity index (χ1n) is 9.23. The van der Waals surface area contributed by atoms with Crippen molar-refractivity contribution in [1.29, 1.82) is 0 Å². The van der Waals surface area contributed by atoms with Gasteiger partial charge in [-0.25, -0.2) is 9.78 Å². The number of fused-ring (bicyclic) bond motifs is 1. The van der Waals surface area contributed by atoms with Crippen LogP contribution in [-0.2, 0) is 14.4 Å². The minimum atomic E-state index is -1.23. The Kier molecular flexibility index (Phi) is 7.29. The quantitative estimate of drug-likeness (QED) is 0.418. The summed E-state index contributed by atoms with van der Waals surface area (Å²) in [6.07, 6.45) is 1.93. The van der Waals surface area contributed by atoms with Crippen LogP contribution >= 0.6 is 0 Å². The van der Waals surface area contributed by atoms with Crippen LogP contribution in [0.4, 0.5) is 0 Å². The average molecular weight is 403 g/mol. The fraction of sp³-hybridized carbons (Fsp3) is 0.421. The third-order valence-corrected chi connectivity index (χ3v) is 4.41. The van der Waals surface area contributed by atoms with Gasteiger partial charge in [-0.3, -0.25) is 18.8 Å². The highest BCUT2D eigenvalue weighted by Crippen LogP contribution is 2.15. The zero-order valence-electron chi connectivity index (χ0n) is 16.4. The molecule has 0 aliphatic carbocycles. The first-order chi connectivity index (χ1) is 13.7. The van der Waals surface area contributed by atoms with Crippen molar-refractivity contribution in [2.24, 2.45) is 5.73 Å². The van der Waals surface area contributed by atoms with Gasteiger partial charge in [0.25, 0.3) is 5.91 Å². The SMILES string of the molecule is Cc1nc2c(C)cccn2c1C(=O)NCCCC(=O)NC(CCC(N)=O)C(=O)O. The molecular weight excluding hydrogens is 378 g/mol. The summed E-state index contributed by atoms with van der Waals surface area (Å²) in [6.45, 7) is 3.91. The number of aryl methyl sites for hydroxylation is 2. The molecule has 29 heavy (non-hydrogen) atoms. The van der Waals surface area contributed by atoms with E-state index in [1.54, 1.807) is 17.5 Å². The normalized spacial score (nSPS) is 11.8. The Morgan fingerprint density at radius 1 is 1.24 bits per heavy atom. The van der Waals surface area contributed by atoms with Gasteiger partial charge in [-0.2, -0.15) is 0 Å². The minimum Gasteiger partial charge on any atom is -0.480 e. The molecule has 2 aromatic rings. The molecule has 0 aromatic carbocycles. The number of carbonyl (C=O) groups excluding carboxylic acids is 3. The summed E-state index contributed by atoms with van der Waals surface area (Å²) in [5.41, 5.74) is 7.71. The lowest BCUT2D eigenvalue weighted by molar-refractivity contribution is -0.142. The molecule has 0 bridgehead atoms. The summed E-state index contributed by atoms with van der Waals surface area (Å²) in [4.78, 5) is 50.8. The van der Waals surface area contributed by atoms with Crippen molar-refractivity contribution in [3.05, 3.63) is 35.3 Å². The molecule has 2 heterocycles. The van der Waals surface area contributed by atoms with E-state index in [1.807, 2.05) is 19.1 Å². The Labute approximate surface area is 167 Å². The first kappa shape index (κ1) is 21.9. The molecule has 2 aromatic heterocycles. The van der Waals surface area contributed by atoms with Gasteiger partial charge in [-0.1, -0.05) is 6.07 Å². The van der Waals surface area contributed by atoms with Crippen molar-refractivity contribution in [2.45, 2.75) is 45.6 Å². The Balaban J connectivity index is 1.84. The van der Waals surface area contributed by atoms with Crippen molar-refractivity contribution >= 4 is 29.3 Å². The zero-order chi connectivity index (χ0) is 21.6. The van der Waals surface area contributed by atoms with Crippen molar-refractivity contribution in [3.63, 3.8) is 0 Å². The number of nitrogens with two attached hydrogens (primary N) is 1. The molecule has 0 aliphatic rings. The number of carboxylic acids is 1. The number of hydrogen-bond acceptors (Lipinski definition) is 5. The van der Waals surface area contributed by atoms with Crippen LogP contribution in [0.5, 0.6) is 0 Å². The van der Waals surface area contributed by atoms with Gasteiger partial charge in [-0.05, 0) is 38.3 Å². The van der Waals surface area contributed by atoms with Crippen LogP contribution in [0.25, 0.3) is 5.65 Å². The third-order valence-electron chi connectivity index (χ3n) is 4.41. The van der Waals surface area contributed by atoms with E-state index in [0.29, 0.717) is 23.5 Å². The molecule has 0 spiro atoms. The minimum absolute atomic E-state index is 0.0336. The number of nitrogens with one attached hydrogen (secondary N) is 2. The fourth-order valence-electron chi connectivity index (χ4n) is 2.94. The lowest BCUT2D eigenvalue weighted by atomic mass is 10.1. The van der Waals surface area contributed by atoms with Gasteiger partial charge in [0.05, 0.1) is 5.69 Å². The molecule has 1 unspecified atom stereocenters. The van der Waals surface area contributed by atoms with Crippen molar-refractivity contribution < 1.29 is 24.3 Å². The molecule has 0 saturated carbocycles. The van der Waals surface area contributed by atoms with Crippen LogP contribution in [0.2, 0.25) is 0 Å². The largest absolute Gasteiger partial charge is 0.480 e. The van der Waals surface area contributed by atoms with Gasteiger partial charge in [0, 0.05) is 25.6 Å². The van der Waals surface area contributed by atoms with E-state index in [0.717, 1.165) is 5.56 Å². The van der Waals surface area contributed by atoms with Gasteiger partial charge >= 0.3 is 5.97 Å². The molecule has 0 radical (unpaired) electrons. The van der Waals surface area contributed by atoms with Gasteiger partial charge in [0.2, 0.25) is 11.8 Å². The van der Waals surface area contributed by atoms with Crippen LogP contribution in [0.15, 0.2) is 18.3 Å². The number of hydrogen-bond donors (Lipinski definition) is 4. The molecule has 10 heteroatoms. The number of nitrogens with zero attached hydrogens (tertiary/aromatic N) is 2. The number of primary amides is 1.